The van der Waals surface area contributed by atoms with Gasteiger partial charge in [0.15, 0.2) is 0 Å². The van der Waals surface area contributed by atoms with Crippen LogP contribution in [0.2, 0.25) is 5.28 Å². The van der Waals surface area contributed by atoms with Gasteiger partial charge in [-0.15, -0.1) is 0 Å². The molecule has 0 saturated carbocycles. The number of nitrogens with zero attached hydrogens (tertiary/aromatic N) is 2. The number of aromatic nitrogens is 2. The normalized spacial score (nSPS) is 12.5. The van der Waals surface area contributed by atoms with Crippen molar-refractivity contribution < 1.29 is 5.11 Å². The molecule has 0 aliphatic heterocycles. The van der Waals surface area contributed by atoms with Gasteiger partial charge in [0, 0.05) is 19.3 Å². The van der Waals surface area contributed by atoms with E-state index >= 15 is 0 Å². The largest absolute Gasteiger partial charge is 0.396 e. The molecule has 2 N–H and O–H groups in total. The van der Waals surface area contributed by atoms with Crippen LogP contribution in [-0.2, 0) is 0 Å². The van der Waals surface area contributed by atoms with Gasteiger partial charge in [-0.3, -0.25) is 0 Å². The molecule has 5 heteroatoms. The molecule has 0 amide bonds. The van der Waals surface area contributed by atoms with E-state index in [0.29, 0.717) is 12.4 Å². The molecular weight excluding hydrogens is 190 g/mol. The van der Waals surface area contributed by atoms with Gasteiger partial charge in [-0.2, -0.15) is 0 Å². The quantitative estimate of drug-likeness (QED) is 0.719. The molecular formula is C8H12ClN3O. The molecule has 1 aromatic heterocycles. The maximum Gasteiger partial charge on any atom is 0.224 e. The zero-order chi connectivity index (χ0) is 9.68. The summed E-state index contributed by atoms with van der Waals surface area (Å²) in [6.07, 6.45) is 1.58. The van der Waals surface area contributed by atoms with Gasteiger partial charge in [0.25, 0.3) is 0 Å². The Morgan fingerprint density at radius 1 is 1.69 bits per heavy atom. The van der Waals surface area contributed by atoms with Gasteiger partial charge < -0.3 is 10.4 Å². The van der Waals surface area contributed by atoms with Crippen LogP contribution in [0.5, 0.6) is 0 Å². The molecule has 0 saturated heterocycles. The smallest absolute Gasteiger partial charge is 0.224 e. The van der Waals surface area contributed by atoms with Crippen molar-refractivity contribution in [1.82, 2.24) is 9.97 Å². The highest BCUT2D eigenvalue weighted by atomic mass is 35.5. The average molecular weight is 202 g/mol. The van der Waals surface area contributed by atoms with Gasteiger partial charge >= 0.3 is 0 Å². The van der Waals surface area contributed by atoms with Crippen LogP contribution in [0.3, 0.4) is 0 Å². The first kappa shape index (κ1) is 10.2. The van der Waals surface area contributed by atoms with Crippen molar-refractivity contribution in [2.24, 2.45) is 5.92 Å². The van der Waals surface area contributed by atoms with Crippen LogP contribution in [0.25, 0.3) is 0 Å². The van der Waals surface area contributed by atoms with Gasteiger partial charge in [0.05, 0.1) is 0 Å². The Kier molecular flexibility index (Phi) is 3.92. The molecule has 4 nitrogen and oxygen atoms in total. The highest BCUT2D eigenvalue weighted by Gasteiger charge is 2.00. The van der Waals surface area contributed by atoms with Gasteiger partial charge in [-0.1, -0.05) is 6.92 Å². The van der Waals surface area contributed by atoms with Gasteiger partial charge in [0.2, 0.25) is 5.28 Å². The molecule has 0 fully saturated rings. The molecule has 0 aromatic carbocycles. The van der Waals surface area contributed by atoms with Gasteiger partial charge in [0.1, 0.15) is 5.82 Å². The fourth-order valence-electron chi connectivity index (χ4n) is 0.777. The van der Waals surface area contributed by atoms with E-state index in [1.807, 2.05) is 6.92 Å². The number of aliphatic hydroxyl groups excluding tert-OH is 1. The summed E-state index contributed by atoms with van der Waals surface area (Å²) in [5.41, 5.74) is 0. The molecule has 13 heavy (non-hydrogen) atoms. The highest BCUT2D eigenvalue weighted by Crippen LogP contribution is 2.06. The number of hydrogen-bond acceptors (Lipinski definition) is 4. The van der Waals surface area contributed by atoms with Crippen LogP contribution in [0.15, 0.2) is 12.3 Å². The zero-order valence-corrected chi connectivity index (χ0v) is 8.12. The molecule has 1 aromatic rings. The molecule has 0 aliphatic carbocycles. The summed E-state index contributed by atoms with van der Waals surface area (Å²) in [6.45, 7) is 2.77. The number of nitrogens with one attached hydrogen (secondary N) is 1. The van der Waals surface area contributed by atoms with Crippen LogP contribution >= 0.6 is 11.6 Å². The predicted molar refractivity (Wildman–Crippen MR) is 51.8 cm³/mol. The predicted octanol–water partition coefficient (Wildman–Crippen LogP) is 1.17. The van der Waals surface area contributed by atoms with Crippen LogP contribution in [0, 0.1) is 5.92 Å². The summed E-state index contributed by atoms with van der Waals surface area (Å²) in [5.74, 6) is 0.883. The third-order valence-electron chi connectivity index (χ3n) is 1.57. The van der Waals surface area contributed by atoms with Crippen molar-refractivity contribution in [3.8, 4) is 0 Å². The van der Waals surface area contributed by atoms with Crippen LogP contribution in [-0.4, -0.2) is 28.2 Å². The third-order valence-corrected chi connectivity index (χ3v) is 1.75. The Morgan fingerprint density at radius 3 is 3.08 bits per heavy atom. The zero-order valence-electron chi connectivity index (χ0n) is 7.37. The molecule has 0 aliphatic rings. The van der Waals surface area contributed by atoms with Gasteiger partial charge in [-0.25, -0.2) is 9.97 Å². The number of halogens is 1. The summed E-state index contributed by atoms with van der Waals surface area (Å²) < 4.78 is 0. The second-order valence-corrected chi connectivity index (χ2v) is 3.22. The van der Waals surface area contributed by atoms with E-state index in [1.165, 1.54) is 0 Å². The van der Waals surface area contributed by atoms with E-state index in [0.717, 1.165) is 0 Å². The SMILES string of the molecule is CC(CO)CNc1ccnc(Cl)n1. The second-order valence-electron chi connectivity index (χ2n) is 2.88. The molecule has 1 rings (SSSR count). The molecule has 1 unspecified atom stereocenters. The number of hydrogen-bond donors (Lipinski definition) is 2. The standard InChI is InChI=1S/C8H12ClN3O/c1-6(5-13)4-11-7-2-3-10-8(9)12-7/h2-3,6,13H,4-5H2,1H3,(H,10,11,12). The maximum absolute atomic E-state index is 8.77. The van der Waals surface area contributed by atoms with Crippen LogP contribution in [0.1, 0.15) is 6.92 Å². The molecule has 1 heterocycles. The first-order valence-corrected chi connectivity index (χ1v) is 4.43. The van der Waals surface area contributed by atoms with Crippen molar-refractivity contribution in [3.05, 3.63) is 17.5 Å². The molecule has 1 atom stereocenters. The minimum Gasteiger partial charge on any atom is -0.396 e. The number of aliphatic hydroxyl groups is 1. The Labute approximate surface area is 82.0 Å². The summed E-state index contributed by atoms with van der Waals surface area (Å²) in [6, 6.07) is 1.73. The van der Waals surface area contributed by atoms with Crippen molar-refractivity contribution in [1.29, 1.82) is 0 Å². The average Bonchev–Trinajstić information content (AvgIpc) is 2.14. The Morgan fingerprint density at radius 2 is 2.46 bits per heavy atom. The fourth-order valence-corrected chi connectivity index (χ4v) is 0.924. The lowest BCUT2D eigenvalue weighted by Gasteiger charge is -2.09. The summed E-state index contributed by atoms with van der Waals surface area (Å²) >= 11 is 5.58. The van der Waals surface area contributed by atoms with E-state index in [-0.39, 0.29) is 17.8 Å². The number of anilines is 1. The third kappa shape index (κ3) is 3.57. The number of rotatable bonds is 4. The first-order valence-electron chi connectivity index (χ1n) is 4.05. The lowest BCUT2D eigenvalue weighted by atomic mass is 10.2. The van der Waals surface area contributed by atoms with E-state index in [2.05, 4.69) is 15.3 Å². The second kappa shape index (κ2) is 4.99. The fraction of sp³-hybridized carbons (Fsp3) is 0.500. The lowest BCUT2D eigenvalue weighted by Crippen LogP contribution is -2.15. The molecule has 0 spiro atoms. The van der Waals surface area contributed by atoms with E-state index in [1.54, 1.807) is 12.3 Å². The monoisotopic (exact) mass is 201 g/mol. The lowest BCUT2D eigenvalue weighted by molar-refractivity contribution is 0.244. The summed E-state index contributed by atoms with van der Waals surface area (Å²) in [5, 5.41) is 12.0. The van der Waals surface area contributed by atoms with Crippen molar-refractivity contribution in [2.75, 3.05) is 18.5 Å². The highest BCUT2D eigenvalue weighted by molar-refractivity contribution is 6.28. The molecule has 0 radical (unpaired) electrons. The Hall–Kier alpha value is -0.870. The Bertz CT molecular complexity index is 269. The Balaban J connectivity index is 2.45. The first-order chi connectivity index (χ1) is 6.22. The molecule has 0 bridgehead atoms. The topological polar surface area (TPSA) is 58.0 Å². The molecule has 72 valence electrons. The summed E-state index contributed by atoms with van der Waals surface area (Å²) in [7, 11) is 0. The van der Waals surface area contributed by atoms with Crippen LogP contribution < -0.4 is 5.32 Å². The maximum atomic E-state index is 8.77. The van der Waals surface area contributed by atoms with Crippen molar-refractivity contribution >= 4 is 17.4 Å². The van der Waals surface area contributed by atoms with Crippen LogP contribution in [0.4, 0.5) is 5.82 Å². The minimum absolute atomic E-state index is 0.159. The van der Waals surface area contributed by atoms with Crippen molar-refractivity contribution in [3.63, 3.8) is 0 Å². The van der Waals surface area contributed by atoms with E-state index in [4.69, 9.17) is 16.7 Å². The summed E-state index contributed by atoms with van der Waals surface area (Å²) in [4.78, 5) is 7.69. The van der Waals surface area contributed by atoms with Crippen molar-refractivity contribution in [2.45, 2.75) is 6.92 Å². The minimum atomic E-state index is 0.159. The van der Waals surface area contributed by atoms with E-state index < -0.39 is 0 Å². The van der Waals surface area contributed by atoms with E-state index in [9.17, 15) is 0 Å². The van der Waals surface area contributed by atoms with Gasteiger partial charge in [-0.05, 0) is 23.6 Å².